The van der Waals surface area contributed by atoms with Crippen LogP contribution in [0.4, 0.5) is 0 Å². The van der Waals surface area contributed by atoms with Gasteiger partial charge in [-0.15, -0.1) is 0 Å². The number of carbonyl (C=O) groups excluding carboxylic acids is 2. The zero-order chi connectivity index (χ0) is 19.3. The van der Waals surface area contributed by atoms with Crippen molar-refractivity contribution in [1.82, 2.24) is 20.2 Å². The Morgan fingerprint density at radius 3 is 2.96 bits per heavy atom. The summed E-state index contributed by atoms with van der Waals surface area (Å²) in [6, 6.07) is 11.3. The Labute approximate surface area is 163 Å². The molecule has 7 nitrogen and oxygen atoms in total. The van der Waals surface area contributed by atoms with E-state index in [-0.39, 0.29) is 17.7 Å². The Bertz CT molecular complexity index is 915. The van der Waals surface area contributed by atoms with Crippen molar-refractivity contribution in [2.75, 3.05) is 19.6 Å². The van der Waals surface area contributed by atoms with Gasteiger partial charge in [0.15, 0.2) is 5.76 Å². The second-order valence-corrected chi connectivity index (χ2v) is 7.16. The van der Waals surface area contributed by atoms with Crippen LogP contribution in [0.1, 0.15) is 35.6 Å². The number of piperidine rings is 1. The van der Waals surface area contributed by atoms with Gasteiger partial charge in [0.05, 0.1) is 23.2 Å². The highest BCUT2D eigenvalue weighted by Crippen LogP contribution is 2.19. The Hall–Kier alpha value is -3.09. The normalized spacial score (nSPS) is 17.0. The van der Waals surface area contributed by atoms with Crippen LogP contribution in [0.2, 0.25) is 0 Å². The molecule has 3 aromatic rings. The van der Waals surface area contributed by atoms with E-state index in [0.717, 1.165) is 42.5 Å². The molecule has 0 saturated carbocycles. The van der Waals surface area contributed by atoms with Gasteiger partial charge in [0, 0.05) is 26.1 Å². The average Bonchev–Trinajstić information content (AvgIpc) is 3.40. The molecule has 1 aliphatic rings. The van der Waals surface area contributed by atoms with E-state index >= 15 is 0 Å². The van der Waals surface area contributed by atoms with Crippen molar-refractivity contribution in [1.29, 1.82) is 0 Å². The Kier molecular flexibility index (Phi) is 5.41. The first-order valence-electron chi connectivity index (χ1n) is 9.75. The van der Waals surface area contributed by atoms with Crippen molar-refractivity contribution in [2.24, 2.45) is 5.92 Å². The number of imidazole rings is 1. The smallest absolute Gasteiger partial charge is 0.289 e. The summed E-state index contributed by atoms with van der Waals surface area (Å²) < 4.78 is 5.19. The van der Waals surface area contributed by atoms with E-state index in [0.29, 0.717) is 25.4 Å². The third-order valence-corrected chi connectivity index (χ3v) is 5.14. The van der Waals surface area contributed by atoms with Crippen LogP contribution < -0.4 is 5.32 Å². The predicted octanol–water partition coefficient (Wildman–Crippen LogP) is 2.76. The fourth-order valence-electron chi connectivity index (χ4n) is 3.67. The number of fused-ring (bicyclic) bond motifs is 1. The first-order valence-corrected chi connectivity index (χ1v) is 9.75. The highest BCUT2D eigenvalue weighted by Gasteiger charge is 2.29. The molecule has 0 bridgehead atoms. The molecule has 1 atom stereocenters. The molecule has 4 rings (SSSR count). The van der Waals surface area contributed by atoms with Crippen LogP contribution in [-0.2, 0) is 11.2 Å². The van der Waals surface area contributed by atoms with E-state index in [2.05, 4.69) is 15.3 Å². The van der Waals surface area contributed by atoms with Gasteiger partial charge in [0.1, 0.15) is 5.82 Å². The van der Waals surface area contributed by atoms with E-state index in [9.17, 15) is 9.59 Å². The standard InChI is InChI=1S/C21H24N4O3/c26-20(15-6-4-12-25(14-15)21(27)18-9-5-13-28-18)22-11-3-10-19-23-16-7-1-2-8-17(16)24-19/h1-2,5,7-9,13,15H,3-4,6,10-12,14H2,(H,22,26)(H,23,24). The monoisotopic (exact) mass is 380 g/mol. The zero-order valence-electron chi connectivity index (χ0n) is 15.7. The maximum absolute atomic E-state index is 12.5. The SMILES string of the molecule is O=C(NCCCc1nc2ccccc2[nH]1)C1CCCN(C(=O)c2ccco2)C1. The van der Waals surface area contributed by atoms with Crippen molar-refractivity contribution < 1.29 is 14.0 Å². The van der Waals surface area contributed by atoms with Crippen molar-refractivity contribution in [2.45, 2.75) is 25.7 Å². The summed E-state index contributed by atoms with van der Waals surface area (Å²) >= 11 is 0. The molecule has 28 heavy (non-hydrogen) atoms. The van der Waals surface area contributed by atoms with Crippen molar-refractivity contribution in [3.8, 4) is 0 Å². The minimum Gasteiger partial charge on any atom is -0.459 e. The van der Waals surface area contributed by atoms with Crippen LogP contribution in [0.25, 0.3) is 11.0 Å². The Morgan fingerprint density at radius 1 is 1.25 bits per heavy atom. The second kappa shape index (κ2) is 8.29. The molecule has 1 saturated heterocycles. The molecule has 3 heterocycles. The minimum absolute atomic E-state index is 0.0153. The van der Waals surface area contributed by atoms with Crippen LogP contribution >= 0.6 is 0 Å². The number of hydrogen-bond acceptors (Lipinski definition) is 4. The highest BCUT2D eigenvalue weighted by molar-refractivity contribution is 5.92. The van der Waals surface area contributed by atoms with E-state index in [4.69, 9.17) is 4.42 Å². The summed E-state index contributed by atoms with van der Waals surface area (Å²) in [5.74, 6) is 0.961. The maximum atomic E-state index is 12.5. The van der Waals surface area contributed by atoms with Gasteiger partial charge in [0.2, 0.25) is 5.91 Å². The summed E-state index contributed by atoms with van der Waals surface area (Å²) in [5, 5.41) is 3.01. The van der Waals surface area contributed by atoms with Gasteiger partial charge in [0.25, 0.3) is 5.91 Å². The number of nitrogens with one attached hydrogen (secondary N) is 2. The van der Waals surface area contributed by atoms with E-state index < -0.39 is 0 Å². The summed E-state index contributed by atoms with van der Waals surface area (Å²) in [6.07, 6.45) is 4.71. The van der Waals surface area contributed by atoms with Crippen LogP contribution in [0.5, 0.6) is 0 Å². The third-order valence-electron chi connectivity index (χ3n) is 5.14. The number of amides is 2. The Balaban J connectivity index is 1.23. The zero-order valence-corrected chi connectivity index (χ0v) is 15.7. The molecule has 2 amide bonds. The number of para-hydroxylation sites is 2. The maximum Gasteiger partial charge on any atom is 0.289 e. The number of aryl methyl sites for hydroxylation is 1. The van der Waals surface area contributed by atoms with Gasteiger partial charge in [-0.05, 0) is 43.5 Å². The second-order valence-electron chi connectivity index (χ2n) is 7.16. The molecule has 1 aliphatic heterocycles. The van der Waals surface area contributed by atoms with E-state index in [1.807, 2.05) is 24.3 Å². The Morgan fingerprint density at radius 2 is 2.14 bits per heavy atom. The molecule has 1 aromatic carbocycles. The number of H-pyrrole nitrogens is 1. The van der Waals surface area contributed by atoms with Gasteiger partial charge < -0.3 is 19.6 Å². The predicted molar refractivity (Wildman–Crippen MR) is 105 cm³/mol. The minimum atomic E-state index is -0.168. The lowest BCUT2D eigenvalue weighted by atomic mass is 9.97. The molecular weight excluding hydrogens is 356 g/mol. The topological polar surface area (TPSA) is 91.2 Å². The molecule has 2 aromatic heterocycles. The van der Waals surface area contributed by atoms with Gasteiger partial charge in [-0.25, -0.2) is 4.98 Å². The molecule has 146 valence electrons. The summed E-state index contributed by atoms with van der Waals surface area (Å²) in [5.41, 5.74) is 2.00. The van der Waals surface area contributed by atoms with E-state index in [1.54, 1.807) is 17.0 Å². The molecular formula is C21H24N4O3. The fourth-order valence-corrected chi connectivity index (χ4v) is 3.67. The molecule has 7 heteroatoms. The first-order chi connectivity index (χ1) is 13.7. The summed E-state index contributed by atoms with van der Waals surface area (Å²) in [6.45, 7) is 1.70. The summed E-state index contributed by atoms with van der Waals surface area (Å²) in [4.78, 5) is 34.5. The number of carbonyl (C=O) groups is 2. The summed E-state index contributed by atoms with van der Waals surface area (Å²) in [7, 11) is 0. The van der Waals surface area contributed by atoms with Crippen LogP contribution in [0, 0.1) is 5.92 Å². The number of benzene rings is 1. The highest BCUT2D eigenvalue weighted by atomic mass is 16.3. The molecule has 1 unspecified atom stereocenters. The van der Waals surface area contributed by atoms with Crippen molar-refractivity contribution in [3.05, 3.63) is 54.2 Å². The van der Waals surface area contributed by atoms with Crippen LogP contribution in [0.3, 0.4) is 0 Å². The number of likely N-dealkylation sites (tertiary alicyclic amines) is 1. The van der Waals surface area contributed by atoms with Gasteiger partial charge >= 0.3 is 0 Å². The molecule has 2 N–H and O–H groups in total. The van der Waals surface area contributed by atoms with Gasteiger partial charge in [-0.1, -0.05) is 12.1 Å². The van der Waals surface area contributed by atoms with Crippen LogP contribution in [-0.4, -0.2) is 46.3 Å². The average molecular weight is 380 g/mol. The fraction of sp³-hybridized carbons (Fsp3) is 0.381. The lowest BCUT2D eigenvalue weighted by molar-refractivity contribution is -0.126. The lowest BCUT2D eigenvalue weighted by Crippen LogP contribution is -2.45. The number of rotatable bonds is 6. The van der Waals surface area contributed by atoms with Crippen molar-refractivity contribution in [3.63, 3.8) is 0 Å². The number of nitrogens with zero attached hydrogens (tertiary/aromatic N) is 2. The molecule has 0 spiro atoms. The quantitative estimate of drug-likeness (QED) is 0.643. The van der Waals surface area contributed by atoms with Crippen molar-refractivity contribution >= 4 is 22.8 Å². The molecule has 0 radical (unpaired) electrons. The number of aromatic nitrogens is 2. The number of aromatic amines is 1. The first kappa shape index (κ1) is 18.3. The third kappa shape index (κ3) is 4.08. The van der Waals surface area contributed by atoms with Crippen LogP contribution in [0.15, 0.2) is 47.1 Å². The lowest BCUT2D eigenvalue weighted by Gasteiger charge is -2.31. The van der Waals surface area contributed by atoms with Gasteiger partial charge in [-0.3, -0.25) is 9.59 Å². The number of furan rings is 1. The molecule has 0 aliphatic carbocycles. The van der Waals surface area contributed by atoms with E-state index in [1.165, 1.54) is 6.26 Å². The van der Waals surface area contributed by atoms with Gasteiger partial charge in [-0.2, -0.15) is 0 Å². The largest absolute Gasteiger partial charge is 0.459 e. The number of hydrogen-bond donors (Lipinski definition) is 2. The molecule has 1 fully saturated rings.